The first-order valence-electron chi connectivity index (χ1n) is 5.14. The van der Waals surface area contributed by atoms with E-state index in [0.717, 1.165) is 5.69 Å². The van der Waals surface area contributed by atoms with E-state index in [2.05, 4.69) is 10.1 Å². The number of carbonyl (C=O) groups is 1. The number of hydrogen-bond donors (Lipinski definition) is 1. The Labute approximate surface area is 103 Å². The normalized spacial score (nSPS) is 10.2. The molecule has 5 heteroatoms. The van der Waals surface area contributed by atoms with Crippen molar-refractivity contribution in [1.29, 1.82) is 0 Å². The van der Waals surface area contributed by atoms with Gasteiger partial charge in [-0.3, -0.25) is 0 Å². The zero-order valence-corrected chi connectivity index (χ0v) is 10.5. The van der Waals surface area contributed by atoms with Crippen LogP contribution in [0.15, 0.2) is 27.3 Å². The van der Waals surface area contributed by atoms with Gasteiger partial charge in [0.05, 0.1) is 13.7 Å². The molecule has 17 heavy (non-hydrogen) atoms. The van der Waals surface area contributed by atoms with Crippen LogP contribution in [0.1, 0.15) is 21.9 Å². The Balaban J connectivity index is 2.05. The molecule has 90 valence electrons. The lowest BCUT2D eigenvalue weighted by Gasteiger charge is -1.99. The highest BCUT2D eigenvalue weighted by molar-refractivity contribution is 7.08. The van der Waals surface area contributed by atoms with E-state index in [9.17, 15) is 4.79 Å². The van der Waals surface area contributed by atoms with E-state index < -0.39 is 0 Å². The van der Waals surface area contributed by atoms with Crippen LogP contribution in [0.25, 0.3) is 0 Å². The van der Waals surface area contributed by atoms with Crippen molar-refractivity contribution in [2.45, 2.75) is 13.5 Å². The fourth-order valence-corrected chi connectivity index (χ4v) is 2.11. The molecule has 0 aliphatic heterocycles. The topological polar surface area (TPSA) is 51.5 Å². The van der Waals surface area contributed by atoms with Gasteiger partial charge in [0.15, 0.2) is 0 Å². The van der Waals surface area contributed by atoms with Crippen LogP contribution in [0, 0.1) is 6.92 Å². The third-order valence-corrected chi connectivity index (χ3v) is 3.05. The number of carbonyl (C=O) groups excluding carboxylic acids is 1. The van der Waals surface area contributed by atoms with Gasteiger partial charge in [-0.25, -0.2) is 4.79 Å². The van der Waals surface area contributed by atoms with Crippen LogP contribution in [0.3, 0.4) is 0 Å². The van der Waals surface area contributed by atoms with E-state index in [1.807, 2.05) is 16.8 Å². The van der Waals surface area contributed by atoms with Gasteiger partial charge in [-0.2, -0.15) is 11.3 Å². The van der Waals surface area contributed by atoms with Crippen molar-refractivity contribution in [3.05, 3.63) is 40.0 Å². The summed E-state index contributed by atoms with van der Waals surface area (Å²) in [5, 5.41) is 7.21. The molecule has 0 atom stereocenters. The number of rotatable bonds is 4. The number of hydrogen-bond acceptors (Lipinski definition) is 5. The molecule has 0 spiro atoms. The van der Waals surface area contributed by atoms with Gasteiger partial charge in [-0.15, -0.1) is 0 Å². The molecular weight excluding hydrogens is 238 g/mol. The molecule has 0 radical (unpaired) electrons. The summed E-state index contributed by atoms with van der Waals surface area (Å²) in [5.41, 5.74) is 1.53. The summed E-state index contributed by atoms with van der Waals surface area (Å²) in [4.78, 5) is 11.4. The van der Waals surface area contributed by atoms with Crippen LogP contribution >= 0.6 is 11.3 Å². The maximum Gasteiger partial charge on any atom is 0.341 e. The van der Waals surface area contributed by atoms with Crippen LogP contribution in [-0.4, -0.2) is 13.1 Å². The van der Waals surface area contributed by atoms with Gasteiger partial charge < -0.3 is 14.5 Å². The maximum absolute atomic E-state index is 11.4. The van der Waals surface area contributed by atoms with Gasteiger partial charge in [0.1, 0.15) is 17.1 Å². The molecule has 0 saturated carbocycles. The highest BCUT2D eigenvalue weighted by atomic mass is 32.1. The van der Waals surface area contributed by atoms with Crippen molar-refractivity contribution >= 4 is 23.0 Å². The van der Waals surface area contributed by atoms with Crippen molar-refractivity contribution in [2.75, 3.05) is 12.4 Å². The summed E-state index contributed by atoms with van der Waals surface area (Å²) in [6.07, 6.45) is 0. The smallest absolute Gasteiger partial charge is 0.341 e. The number of nitrogens with one attached hydrogen (secondary N) is 1. The fourth-order valence-electron chi connectivity index (χ4n) is 1.50. The van der Waals surface area contributed by atoms with Crippen LogP contribution in [-0.2, 0) is 11.3 Å². The van der Waals surface area contributed by atoms with Gasteiger partial charge in [0.25, 0.3) is 0 Å². The van der Waals surface area contributed by atoms with Crippen molar-refractivity contribution in [3.8, 4) is 0 Å². The predicted octanol–water partition coefficient (Wildman–Crippen LogP) is 3.05. The third-order valence-electron chi connectivity index (χ3n) is 2.36. The van der Waals surface area contributed by atoms with Gasteiger partial charge in [0.2, 0.25) is 0 Å². The van der Waals surface area contributed by atoms with Crippen LogP contribution in [0.5, 0.6) is 0 Å². The zero-order valence-electron chi connectivity index (χ0n) is 9.65. The Morgan fingerprint density at radius 3 is 3.06 bits per heavy atom. The standard InChI is InChI=1S/C12H13NO3S/c1-8-11(12(14)15-2)5-10(16-8)6-13-9-3-4-17-7-9/h3-5,7,13H,6H2,1-2H3. The number of anilines is 1. The van der Waals surface area contributed by atoms with Gasteiger partial charge in [0, 0.05) is 11.1 Å². The van der Waals surface area contributed by atoms with E-state index >= 15 is 0 Å². The van der Waals surface area contributed by atoms with E-state index in [-0.39, 0.29) is 5.97 Å². The Hall–Kier alpha value is -1.75. The first-order valence-corrected chi connectivity index (χ1v) is 6.08. The lowest BCUT2D eigenvalue weighted by atomic mass is 10.2. The maximum atomic E-state index is 11.4. The molecule has 0 unspecified atom stereocenters. The van der Waals surface area contributed by atoms with Crippen molar-refractivity contribution in [2.24, 2.45) is 0 Å². The minimum atomic E-state index is -0.368. The van der Waals surface area contributed by atoms with E-state index in [1.54, 1.807) is 24.3 Å². The molecule has 0 aromatic carbocycles. The summed E-state index contributed by atoms with van der Waals surface area (Å²) < 4.78 is 10.1. The lowest BCUT2D eigenvalue weighted by molar-refractivity contribution is 0.0599. The highest BCUT2D eigenvalue weighted by Crippen LogP contribution is 2.18. The van der Waals surface area contributed by atoms with Gasteiger partial charge in [-0.1, -0.05) is 0 Å². The van der Waals surface area contributed by atoms with Gasteiger partial charge >= 0.3 is 5.97 Å². The van der Waals surface area contributed by atoms with Crippen molar-refractivity contribution in [1.82, 2.24) is 0 Å². The molecule has 2 rings (SSSR count). The second kappa shape index (κ2) is 5.05. The average Bonchev–Trinajstić information content (AvgIpc) is 2.94. The van der Waals surface area contributed by atoms with E-state index in [0.29, 0.717) is 23.6 Å². The summed E-state index contributed by atoms with van der Waals surface area (Å²) in [6, 6.07) is 3.70. The first-order chi connectivity index (χ1) is 8.20. The molecule has 4 nitrogen and oxygen atoms in total. The van der Waals surface area contributed by atoms with Crippen molar-refractivity contribution < 1.29 is 13.9 Å². The Bertz CT molecular complexity index is 502. The molecule has 2 aromatic rings. The monoisotopic (exact) mass is 251 g/mol. The molecule has 0 bridgehead atoms. The average molecular weight is 251 g/mol. The molecule has 2 aromatic heterocycles. The summed E-state index contributed by atoms with van der Waals surface area (Å²) in [5.74, 6) is 0.932. The van der Waals surface area contributed by atoms with Crippen molar-refractivity contribution in [3.63, 3.8) is 0 Å². The number of esters is 1. The lowest BCUT2D eigenvalue weighted by Crippen LogP contribution is -2.01. The number of furan rings is 1. The van der Waals surface area contributed by atoms with Gasteiger partial charge in [-0.05, 0) is 24.4 Å². The Morgan fingerprint density at radius 1 is 1.59 bits per heavy atom. The summed E-state index contributed by atoms with van der Waals surface area (Å²) >= 11 is 1.62. The van der Waals surface area contributed by atoms with Crippen LogP contribution < -0.4 is 5.32 Å². The quantitative estimate of drug-likeness (QED) is 0.848. The molecule has 2 heterocycles. The summed E-state index contributed by atoms with van der Waals surface area (Å²) in [7, 11) is 1.36. The largest absolute Gasteiger partial charge is 0.465 e. The first kappa shape index (κ1) is 11.7. The van der Waals surface area contributed by atoms with E-state index in [1.165, 1.54) is 7.11 Å². The number of aryl methyl sites for hydroxylation is 1. The molecule has 0 saturated heterocycles. The number of ether oxygens (including phenoxy) is 1. The molecular formula is C12H13NO3S. The highest BCUT2D eigenvalue weighted by Gasteiger charge is 2.14. The Morgan fingerprint density at radius 2 is 2.41 bits per heavy atom. The Kier molecular flexibility index (Phi) is 3.49. The second-order valence-corrected chi connectivity index (χ2v) is 4.32. The minimum absolute atomic E-state index is 0.368. The van der Waals surface area contributed by atoms with Crippen LogP contribution in [0.4, 0.5) is 5.69 Å². The molecule has 0 amide bonds. The second-order valence-electron chi connectivity index (χ2n) is 3.54. The predicted molar refractivity (Wildman–Crippen MR) is 66.4 cm³/mol. The number of methoxy groups -OCH3 is 1. The van der Waals surface area contributed by atoms with E-state index in [4.69, 9.17) is 4.42 Å². The zero-order chi connectivity index (χ0) is 12.3. The third kappa shape index (κ3) is 2.68. The summed E-state index contributed by atoms with van der Waals surface area (Å²) in [6.45, 7) is 2.30. The molecule has 0 fully saturated rings. The SMILES string of the molecule is COC(=O)c1cc(CNc2ccsc2)oc1C. The fraction of sp³-hybridized carbons (Fsp3) is 0.250. The molecule has 0 aliphatic rings. The number of thiophene rings is 1. The van der Waals surface area contributed by atoms with Crippen LogP contribution in [0.2, 0.25) is 0 Å². The molecule has 0 aliphatic carbocycles. The molecule has 1 N–H and O–H groups in total. The minimum Gasteiger partial charge on any atom is -0.465 e.